The minimum absolute atomic E-state index is 0.0152. The number of amides is 2. The van der Waals surface area contributed by atoms with Crippen LogP contribution in [0.15, 0.2) is 21.5 Å². The number of aryl methyl sites for hydroxylation is 1. The van der Waals surface area contributed by atoms with Crippen molar-refractivity contribution in [2.75, 3.05) is 0 Å². The molecule has 2 saturated carbocycles. The van der Waals surface area contributed by atoms with Crippen LogP contribution in [0.25, 0.3) is 0 Å². The van der Waals surface area contributed by atoms with Crippen LogP contribution in [0.2, 0.25) is 0 Å². The number of hydrogen-bond acceptors (Lipinski definition) is 4. The number of pyridine rings is 1. The highest BCUT2D eigenvalue weighted by atomic mass is 79.9. The first-order valence-electron chi connectivity index (χ1n) is 8.64. The van der Waals surface area contributed by atoms with Gasteiger partial charge in [0.1, 0.15) is 11.3 Å². The number of carbonyl (C=O) groups is 2. The third-order valence-corrected chi connectivity index (χ3v) is 5.57. The minimum Gasteiger partial charge on any atom is -0.489 e. The normalized spacial score (nSPS) is 23.8. The fraction of sp³-hybridized carbons (Fsp3) is 0.588. The summed E-state index contributed by atoms with van der Waals surface area (Å²) in [6.07, 6.45) is 4.59. The van der Waals surface area contributed by atoms with Gasteiger partial charge >= 0.3 is 6.09 Å². The smallest absolute Gasteiger partial charge is 0.405 e. The van der Waals surface area contributed by atoms with E-state index in [2.05, 4.69) is 26.6 Å². The molecule has 1 heterocycles. The molecule has 26 heavy (non-hydrogen) atoms. The predicted molar refractivity (Wildman–Crippen MR) is 97.3 cm³/mol. The van der Waals surface area contributed by atoms with Crippen LogP contribution in [0.3, 0.4) is 0 Å². The zero-order chi connectivity index (χ0) is 18.9. The van der Waals surface area contributed by atoms with Crippen molar-refractivity contribution in [2.24, 2.45) is 7.05 Å². The van der Waals surface area contributed by atoms with Crippen LogP contribution in [0.5, 0.6) is 5.75 Å². The second kappa shape index (κ2) is 7.30. The average molecular weight is 428 g/mol. The summed E-state index contributed by atoms with van der Waals surface area (Å²) in [7, 11) is 1.68. The topological polar surface area (TPSA) is 110 Å². The van der Waals surface area contributed by atoms with Crippen molar-refractivity contribution < 1.29 is 19.4 Å². The van der Waals surface area contributed by atoms with Crippen molar-refractivity contribution in [1.82, 2.24) is 15.2 Å². The molecule has 1 aromatic rings. The number of aromatic nitrogens is 1. The van der Waals surface area contributed by atoms with E-state index in [9.17, 15) is 14.4 Å². The van der Waals surface area contributed by atoms with Crippen LogP contribution >= 0.6 is 15.9 Å². The number of hydrogen-bond donors (Lipinski definition) is 3. The van der Waals surface area contributed by atoms with E-state index in [-0.39, 0.29) is 23.6 Å². The number of carbonyl (C=O) groups excluding carboxylic acids is 1. The van der Waals surface area contributed by atoms with E-state index in [1.807, 2.05) is 0 Å². The number of nitrogens with zero attached hydrogens (tertiary/aromatic N) is 1. The Hall–Kier alpha value is -2.03. The first-order valence-corrected chi connectivity index (χ1v) is 9.43. The van der Waals surface area contributed by atoms with Gasteiger partial charge in [0.25, 0.3) is 5.56 Å². The Morgan fingerprint density at radius 2 is 1.96 bits per heavy atom. The van der Waals surface area contributed by atoms with Crippen LogP contribution in [-0.4, -0.2) is 39.4 Å². The van der Waals surface area contributed by atoms with Crippen LogP contribution in [0, 0.1) is 0 Å². The highest BCUT2D eigenvalue weighted by molar-refractivity contribution is 9.10. The summed E-state index contributed by atoms with van der Waals surface area (Å²) in [6.45, 7) is 0. The second-order valence-electron chi connectivity index (χ2n) is 7.01. The summed E-state index contributed by atoms with van der Waals surface area (Å²) in [5.41, 5.74) is -1.07. The molecular weight excluding hydrogens is 406 g/mol. The van der Waals surface area contributed by atoms with E-state index < -0.39 is 11.6 Å². The van der Waals surface area contributed by atoms with Crippen molar-refractivity contribution in [3.05, 3.63) is 27.1 Å². The zero-order valence-electron chi connectivity index (χ0n) is 14.5. The lowest BCUT2D eigenvalue weighted by atomic mass is 9.92. The summed E-state index contributed by atoms with van der Waals surface area (Å²) >= 11 is 3.40. The molecule has 2 amide bonds. The molecule has 2 aliphatic rings. The lowest BCUT2D eigenvalue weighted by Crippen LogP contribution is -2.52. The maximum atomic E-state index is 12.3. The van der Waals surface area contributed by atoms with Crippen molar-refractivity contribution in [2.45, 2.75) is 56.2 Å². The van der Waals surface area contributed by atoms with Crippen LogP contribution in [-0.2, 0) is 11.8 Å². The van der Waals surface area contributed by atoms with Gasteiger partial charge in [-0.2, -0.15) is 0 Å². The minimum atomic E-state index is -1.17. The Morgan fingerprint density at radius 3 is 2.54 bits per heavy atom. The molecule has 2 aliphatic carbocycles. The van der Waals surface area contributed by atoms with Gasteiger partial charge in [0.05, 0.1) is 10.6 Å². The van der Waals surface area contributed by atoms with Gasteiger partial charge in [-0.3, -0.25) is 9.59 Å². The summed E-state index contributed by atoms with van der Waals surface area (Å²) < 4.78 is 8.15. The van der Waals surface area contributed by atoms with Gasteiger partial charge in [-0.1, -0.05) is 0 Å². The molecule has 0 aromatic carbocycles. The molecule has 9 heteroatoms. The molecule has 0 bridgehead atoms. The Kier molecular flexibility index (Phi) is 5.27. The Labute approximate surface area is 159 Å². The van der Waals surface area contributed by atoms with E-state index >= 15 is 0 Å². The van der Waals surface area contributed by atoms with Gasteiger partial charge in [-0.25, -0.2) is 4.79 Å². The Balaban J connectivity index is 1.50. The molecule has 0 spiro atoms. The van der Waals surface area contributed by atoms with Gasteiger partial charge in [-0.05, 0) is 54.5 Å². The molecule has 142 valence electrons. The van der Waals surface area contributed by atoms with E-state index in [1.54, 1.807) is 13.2 Å². The maximum absolute atomic E-state index is 12.3. The van der Waals surface area contributed by atoms with Gasteiger partial charge in [0.2, 0.25) is 5.91 Å². The average Bonchev–Trinajstić information content (AvgIpc) is 3.34. The largest absolute Gasteiger partial charge is 0.489 e. The van der Waals surface area contributed by atoms with E-state index in [1.165, 1.54) is 10.6 Å². The molecule has 1 aromatic heterocycles. The van der Waals surface area contributed by atoms with E-state index in [0.29, 0.717) is 18.6 Å². The third-order valence-electron chi connectivity index (χ3n) is 4.98. The van der Waals surface area contributed by atoms with Crippen molar-refractivity contribution in [1.29, 1.82) is 0 Å². The predicted octanol–water partition coefficient (Wildman–Crippen LogP) is 1.75. The fourth-order valence-corrected chi connectivity index (χ4v) is 3.75. The number of halogens is 1. The van der Waals surface area contributed by atoms with Gasteiger partial charge in [-0.15, -0.1) is 0 Å². The van der Waals surface area contributed by atoms with Gasteiger partial charge in [0, 0.05) is 25.4 Å². The molecule has 0 atom stereocenters. The highest BCUT2D eigenvalue weighted by Crippen LogP contribution is 2.36. The van der Waals surface area contributed by atoms with Crippen LogP contribution in [0.1, 0.15) is 38.5 Å². The molecule has 3 N–H and O–H groups in total. The maximum Gasteiger partial charge on any atom is 0.405 e. The standard InChI is InChI=1S/C17H22BrN3O5/c1-21-9-12(18)13(8-14(21)22)26-11-4-2-10(3-5-11)19-15(23)17(6-7-17)20-16(24)25/h8-11,20H,2-7H2,1H3,(H,19,23)(H,24,25). The number of rotatable bonds is 5. The van der Waals surface area contributed by atoms with Crippen LogP contribution < -0.4 is 20.9 Å². The lowest BCUT2D eigenvalue weighted by Gasteiger charge is -2.30. The number of carboxylic acid groups (broad SMARTS) is 1. The van der Waals surface area contributed by atoms with Crippen molar-refractivity contribution in [3.8, 4) is 5.75 Å². The Bertz CT molecular complexity index is 766. The van der Waals surface area contributed by atoms with Crippen molar-refractivity contribution in [3.63, 3.8) is 0 Å². The first kappa shape index (κ1) is 18.8. The summed E-state index contributed by atoms with van der Waals surface area (Å²) in [4.78, 5) is 34.9. The highest BCUT2D eigenvalue weighted by Gasteiger charge is 2.51. The lowest BCUT2D eigenvalue weighted by molar-refractivity contribution is -0.125. The molecule has 2 fully saturated rings. The summed E-state index contributed by atoms with van der Waals surface area (Å²) in [5, 5.41) is 14.1. The van der Waals surface area contributed by atoms with Gasteiger partial charge in [0.15, 0.2) is 0 Å². The molecule has 0 saturated heterocycles. The molecule has 0 aliphatic heterocycles. The SMILES string of the molecule is Cn1cc(Br)c(OC2CCC(NC(=O)C3(NC(=O)O)CC3)CC2)cc1=O. The zero-order valence-corrected chi connectivity index (χ0v) is 16.0. The Morgan fingerprint density at radius 1 is 1.31 bits per heavy atom. The molecule has 0 radical (unpaired) electrons. The molecule has 8 nitrogen and oxygen atoms in total. The van der Waals surface area contributed by atoms with Crippen LogP contribution in [0.4, 0.5) is 4.79 Å². The molecule has 0 unspecified atom stereocenters. The molecular formula is C17H22BrN3O5. The number of ether oxygens (including phenoxy) is 1. The second-order valence-corrected chi connectivity index (χ2v) is 7.87. The fourth-order valence-electron chi connectivity index (χ4n) is 3.24. The first-order chi connectivity index (χ1) is 12.3. The van der Waals surface area contributed by atoms with Crippen molar-refractivity contribution >= 4 is 27.9 Å². The summed E-state index contributed by atoms with van der Waals surface area (Å²) in [6, 6.07) is 1.48. The van der Waals surface area contributed by atoms with E-state index in [4.69, 9.17) is 9.84 Å². The third kappa shape index (κ3) is 4.20. The van der Waals surface area contributed by atoms with E-state index in [0.717, 1.165) is 30.2 Å². The summed E-state index contributed by atoms with van der Waals surface area (Å²) in [5.74, 6) is 0.293. The monoisotopic (exact) mass is 427 g/mol. The molecule has 3 rings (SSSR count). The van der Waals surface area contributed by atoms with Gasteiger partial charge < -0.3 is 25.0 Å². The quantitative estimate of drug-likeness (QED) is 0.662. The number of nitrogens with one attached hydrogen (secondary N) is 2.